The second-order valence-corrected chi connectivity index (χ2v) is 16.2. The van der Waals surface area contributed by atoms with Gasteiger partial charge in [-0.25, -0.2) is 0 Å². The van der Waals surface area contributed by atoms with Gasteiger partial charge in [-0.2, -0.15) is 0 Å². The first-order valence-electron chi connectivity index (χ1n) is 20.4. The molecule has 7 unspecified atom stereocenters. The predicted molar refractivity (Wildman–Crippen MR) is 208 cm³/mol. The minimum atomic E-state index is -1.96. The number of carbonyl (C=O) groups excluding carboxylic acids is 7. The number of aliphatic hydroxyl groups excluding tert-OH is 6. The third-order valence-corrected chi connectivity index (χ3v) is 12.0. The standard InChI is InChI=1S/C37H58N4O21S/c1-4-18-25(49)28(52)36(61-33(18)56-15-43)59-30-19(14-42)58-34(24(26(30)50)40-17(2)45)60-31-27(51)29(53)35(62-37(31)57-16-44)55-11-9-39-22(47)7-5-10-41-23(48)13-20(32(41)54)63-12-6-8-21(46)38-3/h15-16,18-20,24-31,33-37,42,49-53H,4-14H2,1-3H3,(H,38,46)(H,39,47)(H,40,45)/t18-,19?,20?,24?,25-,26+,27+,28?,29?,30+,31-,33?,34+,35+,36+,37?/m0/s1. The molecule has 0 aromatic carbocycles. The zero-order valence-electron chi connectivity index (χ0n) is 34.8. The predicted octanol–water partition coefficient (Wildman–Crippen LogP) is -5.18. The Kier molecular flexibility index (Phi) is 20.8. The zero-order valence-corrected chi connectivity index (χ0v) is 35.6. The molecule has 0 saturated carbocycles. The molecule has 25 nitrogen and oxygen atoms in total. The Balaban J connectivity index is 1.29. The molecule has 4 heterocycles. The van der Waals surface area contributed by atoms with Crippen LogP contribution in [0.5, 0.6) is 0 Å². The Morgan fingerprint density at radius 3 is 2.13 bits per heavy atom. The molecule has 5 amide bonds. The van der Waals surface area contributed by atoms with Crippen molar-refractivity contribution in [2.75, 3.05) is 39.1 Å². The molecule has 358 valence electrons. The number of amides is 5. The average molecular weight is 927 g/mol. The molecule has 26 heteroatoms. The number of hydrogen-bond donors (Lipinski definition) is 9. The summed E-state index contributed by atoms with van der Waals surface area (Å²) >= 11 is 1.31. The lowest BCUT2D eigenvalue weighted by molar-refractivity contribution is -0.387. The molecule has 4 aliphatic heterocycles. The van der Waals surface area contributed by atoms with E-state index in [2.05, 4.69) is 16.0 Å². The smallest absolute Gasteiger partial charge is 0.295 e. The molecule has 0 aliphatic carbocycles. The lowest BCUT2D eigenvalue weighted by atomic mass is 9.91. The van der Waals surface area contributed by atoms with Crippen molar-refractivity contribution in [2.24, 2.45) is 5.92 Å². The van der Waals surface area contributed by atoms with Gasteiger partial charge in [-0.15, -0.1) is 11.8 Å². The molecule has 16 atom stereocenters. The highest BCUT2D eigenvalue weighted by Crippen LogP contribution is 2.35. The summed E-state index contributed by atoms with van der Waals surface area (Å²) in [6.07, 6.45) is -21.1. The van der Waals surface area contributed by atoms with Crippen LogP contribution in [-0.2, 0) is 71.5 Å². The van der Waals surface area contributed by atoms with Crippen molar-refractivity contribution in [3.05, 3.63) is 0 Å². The third-order valence-electron chi connectivity index (χ3n) is 10.7. The van der Waals surface area contributed by atoms with Crippen LogP contribution in [0.1, 0.15) is 52.4 Å². The van der Waals surface area contributed by atoms with Gasteiger partial charge in [0.15, 0.2) is 25.0 Å². The summed E-state index contributed by atoms with van der Waals surface area (Å²) in [4.78, 5) is 85.0. The summed E-state index contributed by atoms with van der Waals surface area (Å²) in [5, 5.41) is 72.2. The molecule has 0 aromatic heterocycles. The zero-order chi connectivity index (χ0) is 46.4. The van der Waals surface area contributed by atoms with Crippen LogP contribution in [0.3, 0.4) is 0 Å². The SMILES string of the molecule is CC[C@@H]1C(OC=O)O[C@@H](O[C@@H]2C(CO)O[C@H](O[C@@H]3C(OC=O)O[C@@H](OCCNC(=O)CCCN4C(=O)CC(SCCCC(=O)NC)C4=O)C(O)[C@H]3O)C(NC(C)=O)[C@H]2O)C(O)[C@H]1O. The molecule has 0 radical (unpaired) electrons. The van der Waals surface area contributed by atoms with Crippen LogP contribution in [0, 0.1) is 5.92 Å². The molecule has 4 aliphatic rings. The molecule has 0 aromatic rings. The number of rotatable bonds is 24. The second kappa shape index (κ2) is 25.2. The maximum Gasteiger partial charge on any atom is 0.295 e. The highest BCUT2D eigenvalue weighted by atomic mass is 32.2. The highest BCUT2D eigenvalue weighted by molar-refractivity contribution is 8.00. The van der Waals surface area contributed by atoms with E-state index in [-0.39, 0.29) is 76.0 Å². The van der Waals surface area contributed by atoms with Crippen molar-refractivity contribution in [3.63, 3.8) is 0 Å². The monoisotopic (exact) mass is 926 g/mol. The van der Waals surface area contributed by atoms with E-state index in [0.29, 0.717) is 18.6 Å². The molecule has 0 bridgehead atoms. The Bertz CT molecular complexity index is 1550. The number of thioether (sulfide) groups is 1. The van der Waals surface area contributed by atoms with E-state index < -0.39 is 116 Å². The van der Waals surface area contributed by atoms with E-state index in [1.807, 2.05) is 0 Å². The van der Waals surface area contributed by atoms with Crippen LogP contribution < -0.4 is 16.0 Å². The number of ether oxygens (including phenoxy) is 8. The van der Waals surface area contributed by atoms with Crippen LogP contribution in [0.15, 0.2) is 0 Å². The molecule has 4 saturated heterocycles. The summed E-state index contributed by atoms with van der Waals surface area (Å²) in [7, 11) is 1.53. The highest BCUT2D eigenvalue weighted by Gasteiger charge is 2.55. The summed E-state index contributed by atoms with van der Waals surface area (Å²) in [6, 6.07) is -1.59. The molecule has 4 fully saturated rings. The van der Waals surface area contributed by atoms with Gasteiger partial charge in [0, 0.05) is 46.3 Å². The van der Waals surface area contributed by atoms with E-state index in [1.165, 1.54) is 18.8 Å². The molecule has 4 rings (SSSR count). The van der Waals surface area contributed by atoms with Crippen LogP contribution >= 0.6 is 11.8 Å². The van der Waals surface area contributed by atoms with Gasteiger partial charge in [0.05, 0.1) is 30.5 Å². The lowest BCUT2D eigenvalue weighted by Crippen LogP contribution is -2.69. The molecule has 0 spiro atoms. The van der Waals surface area contributed by atoms with E-state index in [0.717, 1.165) is 11.8 Å². The van der Waals surface area contributed by atoms with E-state index >= 15 is 0 Å². The minimum Gasteiger partial charge on any atom is -0.437 e. The van der Waals surface area contributed by atoms with E-state index in [4.69, 9.17) is 37.9 Å². The first kappa shape index (κ1) is 52.0. The summed E-state index contributed by atoms with van der Waals surface area (Å²) in [5.74, 6) is -2.31. The largest absolute Gasteiger partial charge is 0.437 e. The van der Waals surface area contributed by atoms with Crippen molar-refractivity contribution in [2.45, 2.75) is 144 Å². The Morgan fingerprint density at radius 1 is 0.825 bits per heavy atom. The number of hydrogen-bond acceptors (Lipinski definition) is 22. The normalized spacial score (nSPS) is 35.7. The topological polar surface area (TPSA) is 354 Å². The van der Waals surface area contributed by atoms with Gasteiger partial charge < -0.3 is 84.5 Å². The fraction of sp³-hybridized carbons (Fsp3) is 0.811. The molecule has 63 heavy (non-hydrogen) atoms. The van der Waals surface area contributed by atoms with Crippen LogP contribution in [0.25, 0.3) is 0 Å². The average Bonchev–Trinajstić information content (AvgIpc) is 3.52. The minimum absolute atomic E-state index is 0.0351. The summed E-state index contributed by atoms with van der Waals surface area (Å²) in [6.45, 7) is 1.47. The number of imide groups is 1. The van der Waals surface area contributed by atoms with Crippen molar-refractivity contribution in [1.29, 1.82) is 0 Å². The Hall–Kier alpha value is -3.64. The Labute approximate surface area is 365 Å². The fourth-order valence-electron chi connectivity index (χ4n) is 7.38. The number of nitrogens with zero attached hydrogens (tertiary/aromatic N) is 1. The van der Waals surface area contributed by atoms with E-state index in [9.17, 15) is 64.2 Å². The van der Waals surface area contributed by atoms with Gasteiger partial charge in [-0.05, 0) is 25.0 Å². The number of carbonyl (C=O) groups is 7. The van der Waals surface area contributed by atoms with E-state index in [1.54, 1.807) is 6.92 Å². The maximum absolute atomic E-state index is 12.7. The van der Waals surface area contributed by atoms with Crippen LogP contribution in [0.4, 0.5) is 0 Å². The van der Waals surface area contributed by atoms with Crippen molar-refractivity contribution >= 4 is 54.2 Å². The van der Waals surface area contributed by atoms with Crippen molar-refractivity contribution < 1.29 is 102 Å². The number of likely N-dealkylation sites (tertiary alicyclic amines) is 1. The second-order valence-electron chi connectivity index (χ2n) is 14.9. The van der Waals surface area contributed by atoms with Crippen molar-refractivity contribution in [3.8, 4) is 0 Å². The Morgan fingerprint density at radius 2 is 1.48 bits per heavy atom. The third kappa shape index (κ3) is 13.7. The number of aliphatic hydroxyl groups is 6. The fourth-order valence-corrected chi connectivity index (χ4v) is 8.50. The summed E-state index contributed by atoms with van der Waals surface area (Å²) in [5.41, 5.74) is 0. The molecule has 9 N–H and O–H groups in total. The summed E-state index contributed by atoms with van der Waals surface area (Å²) < 4.78 is 43.9. The van der Waals surface area contributed by atoms with Crippen molar-refractivity contribution in [1.82, 2.24) is 20.9 Å². The van der Waals surface area contributed by atoms with Gasteiger partial charge >= 0.3 is 0 Å². The van der Waals surface area contributed by atoms with Gasteiger partial charge in [0.1, 0.15) is 42.7 Å². The quantitative estimate of drug-likeness (QED) is 0.0248. The molecular weight excluding hydrogens is 868 g/mol. The molecular formula is C37H58N4O21S. The van der Waals surface area contributed by atoms with Gasteiger partial charge in [-0.1, -0.05) is 6.92 Å². The van der Waals surface area contributed by atoms with Gasteiger partial charge in [0.25, 0.3) is 12.9 Å². The van der Waals surface area contributed by atoms with Gasteiger partial charge in [-0.3, -0.25) is 38.5 Å². The van der Waals surface area contributed by atoms with Gasteiger partial charge in [0.2, 0.25) is 42.1 Å². The lowest BCUT2D eigenvalue weighted by Gasteiger charge is -2.49. The van der Waals surface area contributed by atoms with Crippen LogP contribution in [-0.4, -0.2) is 209 Å². The van der Waals surface area contributed by atoms with Crippen LogP contribution in [0.2, 0.25) is 0 Å². The number of nitrogens with one attached hydrogen (secondary N) is 3. The first-order valence-corrected chi connectivity index (χ1v) is 21.4. The first-order chi connectivity index (χ1) is 30.1. The maximum atomic E-state index is 12.7.